The molecule has 1 aromatic carbocycles. The number of carbonyl (C=O) groups excluding carboxylic acids is 1. The summed E-state index contributed by atoms with van der Waals surface area (Å²) in [6.07, 6.45) is 2.20. The number of rotatable bonds is 4. The first-order valence-corrected chi connectivity index (χ1v) is 11.0. The van der Waals surface area contributed by atoms with Crippen LogP contribution in [0.5, 0.6) is 11.5 Å². The monoisotopic (exact) mass is 427 g/mol. The van der Waals surface area contributed by atoms with Crippen LogP contribution in [-0.4, -0.2) is 72.0 Å². The highest BCUT2D eigenvalue weighted by molar-refractivity contribution is 5.76. The molecule has 166 valence electrons. The van der Waals surface area contributed by atoms with Crippen LogP contribution in [0.25, 0.3) is 0 Å². The van der Waals surface area contributed by atoms with Crippen molar-refractivity contribution in [2.45, 2.75) is 44.4 Å². The van der Waals surface area contributed by atoms with E-state index in [1.165, 1.54) is 0 Å². The van der Waals surface area contributed by atoms with Gasteiger partial charge in [-0.15, -0.1) is 0 Å². The van der Waals surface area contributed by atoms with Gasteiger partial charge in [0.1, 0.15) is 12.7 Å². The van der Waals surface area contributed by atoms with Crippen molar-refractivity contribution >= 4 is 5.91 Å². The first kappa shape index (κ1) is 20.3. The zero-order chi connectivity index (χ0) is 21.3. The minimum Gasteiger partial charge on any atom is -0.486 e. The van der Waals surface area contributed by atoms with E-state index in [4.69, 9.17) is 18.7 Å². The third kappa shape index (κ3) is 4.55. The highest BCUT2D eigenvalue weighted by atomic mass is 16.6. The largest absolute Gasteiger partial charge is 0.486 e. The Morgan fingerprint density at radius 1 is 1.19 bits per heavy atom. The standard InChI is InChI=1S/C23H29N3O5/c1-17-12-18(31-24-17)14-26-16-23(29-11-6-22(26)27)7-9-25(10-8-23)13-19-15-28-20-4-2-3-5-21(20)30-19/h2-5,12,19H,6-11,13-16H2,1H3. The van der Waals surface area contributed by atoms with Crippen molar-refractivity contribution < 1.29 is 23.5 Å². The second-order valence-corrected chi connectivity index (χ2v) is 8.76. The van der Waals surface area contributed by atoms with Crippen molar-refractivity contribution in [3.8, 4) is 11.5 Å². The van der Waals surface area contributed by atoms with E-state index >= 15 is 0 Å². The number of fused-ring (bicyclic) bond motifs is 1. The Bertz CT molecular complexity index is 921. The van der Waals surface area contributed by atoms with E-state index < -0.39 is 0 Å². The van der Waals surface area contributed by atoms with Crippen LogP contribution < -0.4 is 9.47 Å². The van der Waals surface area contributed by atoms with Crippen molar-refractivity contribution in [3.63, 3.8) is 0 Å². The number of hydrogen-bond acceptors (Lipinski definition) is 7. The Labute approximate surface area is 182 Å². The van der Waals surface area contributed by atoms with Crippen molar-refractivity contribution in [2.75, 3.05) is 39.4 Å². The molecule has 0 aliphatic carbocycles. The second kappa shape index (κ2) is 8.51. The lowest BCUT2D eigenvalue weighted by molar-refractivity contribution is -0.133. The molecule has 31 heavy (non-hydrogen) atoms. The van der Waals surface area contributed by atoms with Gasteiger partial charge in [0, 0.05) is 25.7 Å². The lowest BCUT2D eigenvalue weighted by atomic mass is 9.90. The normalized spacial score (nSPS) is 23.7. The molecule has 2 fully saturated rings. The Hall–Kier alpha value is -2.58. The smallest absolute Gasteiger partial charge is 0.225 e. The molecule has 0 bridgehead atoms. The van der Waals surface area contributed by atoms with Gasteiger partial charge in [-0.1, -0.05) is 17.3 Å². The minimum atomic E-state index is -0.297. The van der Waals surface area contributed by atoms with E-state index in [1.54, 1.807) is 0 Å². The summed E-state index contributed by atoms with van der Waals surface area (Å²) < 4.78 is 23.6. The SMILES string of the molecule is Cc1cc(CN2CC3(CCN(CC4COc5ccccc5O4)CC3)OCCC2=O)on1. The molecule has 0 N–H and O–H groups in total. The highest BCUT2D eigenvalue weighted by Crippen LogP contribution is 2.33. The van der Waals surface area contributed by atoms with E-state index in [-0.39, 0.29) is 17.6 Å². The molecule has 1 unspecified atom stereocenters. The van der Waals surface area contributed by atoms with Crippen molar-refractivity contribution in [1.82, 2.24) is 15.0 Å². The lowest BCUT2D eigenvalue weighted by Gasteiger charge is -2.43. The summed E-state index contributed by atoms with van der Waals surface area (Å²) in [4.78, 5) is 16.9. The number of para-hydroxylation sites is 2. The van der Waals surface area contributed by atoms with Crippen molar-refractivity contribution in [3.05, 3.63) is 41.8 Å². The van der Waals surface area contributed by atoms with Crippen LogP contribution in [0.1, 0.15) is 30.7 Å². The van der Waals surface area contributed by atoms with Gasteiger partial charge >= 0.3 is 0 Å². The van der Waals surface area contributed by atoms with Crippen LogP contribution in [0.3, 0.4) is 0 Å². The van der Waals surface area contributed by atoms with Crippen LogP contribution in [0, 0.1) is 6.92 Å². The first-order valence-electron chi connectivity index (χ1n) is 11.0. The molecule has 1 amide bonds. The van der Waals surface area contributed by atoms with Crippen molar-refractivity contribution in [2.24, 2.45) is 0 Å². The Morgan fingerprint density at radius 2 is 2.00 bits per heavy atom. The molecule has 1 spiro atoms. The Morgan fingerprint density at radius 3 is 2.77 bits per heavy atom. The molecule has 4 heterocycles. The lowest BCUT2D eigenvalue weighted by Crippen LogP contribution is -2.53. The van der Waals surface area contributed by atoms with E-state index in [0.717, 1.165) is 55.4 Å². The number of ether oxygens (including phenoxy) is 3. The van der Waals surface area contributed by atoms with Crippen LogP contribution in [0.2, 0.25) is 0 Å². The molecule has 0 saturated carbocycles. The second-order valence-electron chi connectivity index (χ2n) is 8.76. The van der Waals surface area contributed by atoms with Crippen LogP contribution in [0.4, 0.5) is 0 Å². The summed E-state index contributed by atoms with van der Waals surface area (Å²) >= 11 is 0. The molecule has 1 atom stereocenters. The molecule has 2 saturated heterocycles. The van der Waals surface area contributed by atoms with Crippen LogP contribution >= 0.6 is 0 Å². The van der Waals surface area contributed by atoms with Gasteiger partial charge in [0.15, 0.2) is 17.3 Å². The third-order valence-corrected chi connectivity index (χ3v) is 6.38. The summed E-state index contributed by atoms with van der Waals surface area (Å²) in [6.45, 7) is 6.60. The zero-order valence-electron chi connectivity index (χ0n) is 17.9. The van der Waals surface area contributed by atoms with Gasteiger partial charge in [-0.3, -0.25) is 9.69 Å². The maximum atomic E-state index is 12.6. The number of aromatic nitrogens is 1. The molecular formula is C23H29N3O5. The van der Waals surface area contributed by atoms with Gasteiger partial charge in [0.2, 0.25) is 5.91 Å². The number of amides is 1. The van der Waals surface area contributed by atoms with E-state index in [1.807, 2.05) is 42.2 Å². The van der Waals surface area contributed by atoms with E-state index in [2.05, 4.69) is 10.1 Å². The van der Waals surface area contributed by atoms with Crippen molar-refractivity contribution in [1.29, 1.82) is 0 Å². The summed E-state index contributed by atoms with van der Waals surface area (Å²) in [5, 5.41) is 3.94. The van der Waals surface area contributed by atoms with Gasteiger partial charge in [0.25, 0.3) is 0 Å². The van der Waals surface area contributed by atoms with E-state index in [0.29, 0.717) is 32.7 Å². The Balaban J connectivity index is 1.18. The number of benzene rings is 1. The summed E-state index contributed by atoms with van der Waals surface area (Å²) in [5.74, 6) is 2.46. The van der Waals surface area contributed by atoms with Gasteiger partial charge < -0.3 is 23.6 Å². The maximum absolute atomic E-state index is 12.6. The number of aryl methyl sites for hydroxylation is 1. The number of likely N-dealkylation sites (tertiary alicyclic amines) is 1. The molecular weight excluding hydrogens is 398 g/mol. The number of nitrogens with zero attached hydrogens (tertiary/aromatic N) is 3. The fourth-order valence-corrected chi connectivity index (χ4v) is 4.70. The topological polar surface area (TPSA) is 77.3 Å². The summed E-state index contributed by atoms with van der Waals surface area (Å²) in [5.41, 5.74) is 0.530. The van der Waals surface area contributed by atoms with Crippen LogP contribution in [0.15, 0.2) is 34.9 Å². The highest BCUT2D eigenvalue weighted by Gasteiger charge is 2.41. The fraction of sp³-hybridized carbons (Fsp3) is 0.565. The predicted molar refractivity (Wildman–Crippen MR) is 112 cm³/mol. The predicted octanol–water partition coefficient (Wildman–Crippen LogP) is 2.41. The van der Waals surface area contributed by atoms with Gasteiger partial charge in [-0.2, -0.15) is 0 Å². The molecule has 2 aromatic rings. The number of hydrogen-bond donors (Lipinski definition) is 0. The average molecular weight is 428 g/mol. The molecule has 1 aromatic heterocycles. The first-order chi connectivity index (χ1) is 15.1. The molecule has 8 nitrogen and oxygen atoms in total. The summed E-state index contributed by atoms with van der Waals surface area (Å²) in [7, 11) is 0. The molecule has 8 heteroatoms. The minimum absolute atomic E-state index is 0.0202. The molecule has 3 aliphatic rings. The molecule has 0 radical (unpaired) electrons. The van der Waals surface area contributed by atoms with Gasteiger partial charge in [-0.05, 0) is 31.9 Å². The number of piperidine rings is 1. The Kier molecular flexibility index (Phi) is 5.58. The third-order valence-electron chi connectivity index (χ3n) is 6.38. The zero-order valence-corrected chi connectivity index (χ0v) is 17.9. The van der Waals surface area contributed by atoms with E-state index in [9.17, 15) is 4.79 Å². The quantitative estimate of drug-likeness (QED) is 0.742. The van der Waals surface area contributed by atoms with Gasteiger partial charge in [-0.25, -0.2) is 0 Å². The molecule has 5 rings (SSSR count). The number of carbonyl (C=O) groups is 1. The van der Waals surface area contributed by atoms with Gasteiger partial charge in [0.05, 0.1) is 37.4 Å². The summed E-state index contributed by atoms with van der Waals surface area (Å²) in [6, 6.07) is 9.70. The average Bonchev–Trinajstić information content (AvgIpc) is 3.12. The maximum Gasteiger partial charge on any atom is 0.225 e. The fourth-order valence-electron chi connectivity index (χ4n) is 4.70. The van der Waals surface area contributed by atoms with Crippen LogP contribution in [-0.2, 0) is 16.1 Å². The molecule has 3 aliphatic heterocycles.